The summed E-state index contributed by atoms with van der Waals surface area (Å²) in [4.78, 5) is 0. The molecule has 1 saturated heterocycles. The van der Waals surface area contributed by atoms with Crippen molar-refractivity contribution in [2.24, 2.45) is 0 Å². The highest BCUT2D eigenvalue weighted by Gasteiger charge is 2.17. The summed E-state index contributed by atoms with van der Waals surface area (Å²) in [6.07, 6.45) is 1.15. The average Bonchev–Trinajstić information content (AvgIpc) is 2.34. The molecule has 0 aromatic carbocycles. The number of hydrogen-bond acceptors (Lipinski definition) is 3. The molecule has 1 aliphatic heterocycles. The summed E-state index contributed by atoms with van der Waals surface area (Å²) in [5.74, 6) is 0.682. The van der Waals surface area contributed by atoms with Crippen molar-refractivity contribution in [1.82, 2.24) is 10.6 Å². The van der Waals surface area contributed by atoms with Crippen molar-refractivity contribution in [3.8, 4) is 0 Å². The van der Waals surface area contributed by atoms with E-state index in [2.05, 4.69) is 17.2 Å². The molecular formula is C10H20N2O. The first kappa shape index (κ1) is 10.4. The summed E-state index contributed by atoms with van der Waals surface area (Å²) in [5.41, 5.74) is -0.157. The third kappa shape index (κ3) is 4.18. The molecule has 0 radical (unpaired) electrons. The second kappa shape index (κ2) is 4.01. The second-order valence-corrected chi connectivity index (χ2v) is 4.47. The van der Waals surface area contributed by atoms with Crippen LogP contribution in [0.15, 0.2) is 12.5 Å². The van der Waals surface area contributed by atoms with Crippen molar-refractivity contribution in [3.05, 3.63) is 12.5 Å². The second-order valence-electron chi connectivity index (χ2n) is 4.47. The van der Waals surface area contributed by atoms with Crippen LogP contribution in [0.1, 0.15) is 27.2 Å². The molecule has 0 amide bonds. The predicted molar refractivity (Wildman–Crippen MR) is 54.4 cm³/mol. The van der Waals surface area contributed by atoms with Crippen LogP contribution < -0.4 is 10.6 Å². The molecule has 2 N–H and O–H groups in total. The molecule has 13 heavy (non-hydrogen) atoms. The monoisotopic (exact) mass is 184 g/mol. The van der Waals surface area contributed by atoms with Gasteiger partial charge in [-0.2, -0.15) is 0 Å². The summed E-state index contributed by atoms with van der Waals surface area (Å²) >= 11 is 0. The van der Waals surface area contributed by atoms with Gasteiger partial charge in [-0.3, -0.25) is 0 Å². The Morgan fingerprint density at radius 3 is 2.69 bits per heavy atom. The van der Waals surface area contributed by atoms with E-state index in [1.165, 1.54) is 0 Å². The Kier molecular flexibility index (Phi) is 3.20. The van der Waals surface area contributed by atoms with Crippen molar-refractivity contribution in [2.75, 3.05) is 13.1 Å². The molecule has 0 unspecified atom stereocenters. The van der Waals surface area contributed by atoms with Crippen LogP contribution >= 0.6 is 0 Å². The van der Waals surface area contributed by atoms with Gasteiger partial charge in [0.15, 0.2) is 5.88 Å². The third-order valence-corrected chi connectivity index (χ3v) is 1.85. The predicted octanol–water partition coefficient (Wildman–Crippen LogP) is 1.22. The lowest BCUT2D eigenvalue weighted by atomic mass is 10.2. The molecule has 3 heteroatoms. The lowest BCUT2D eigenvalue weighted by molar-refractivity contribution is 0.0390. The summed E-state index contributed by atoms with van der Waals surface area (Å²) in [5, 5.41) is 6.54. The fourth-order valence-corrected chi connectivity index (χ4v) is 1.40. The third-order valence-electron chi connectivity index (χ3n) is 1.85. The smallest absolute Gasteiger partial charge is 0.180 e. The minimum atomic E-state index is -0.157. The van der Waals surface area contributed by atoms with Crippen LogP contribution in [0.2, 0.25) is 0 Å². The molecule has 0 aromatic heterocycles. The van der Waals surface area contributed by atoms with E-state index in [1.54, 1.807) is 0 Å². The van der Waals surface area contributed by atoms with E-state index in [4.69, 9.17) is 4.74 Å². The highest BCUT2D eigenvalue weighted by Crippen LogP contribution is 2.11. The summed E-state index contributed by atoms with van der Waals surface area (Å²) in [6, 6.07) is 0.481. The fourth-order valence-electron chi connectivity index (χ4n) is 1.40. The minimum absolute atomic E-state index is 0.157. The lowest BCUT2D eigenvalue weighted by Gasteiger charge is -2.25. The van der Waals surface area contributed by atoms with Crippen LogP contribution in [0.4, 0.5) is 0 Å². The SMILES string of the molecule is C=C(N[C@@H]1CCNC1)OC(C)(C)C. The molecule has 0 spiro atoms. The van der Waals surface area contributed by atoms with Gasteiger partial charge in [0, 0.05) is 12.6 Å². The van der Waals surface area contributed by atoms with E-state index in [0.29, 0.717) is 11.9 Å². The highest BCUT2D eigenvalue weighted by atomic mass is 16.5. The number of nitrogens with one attached hydrogen (secondary N) is 2. The molecule has 1 heterocycles. The van der Waals surface area contributed by atoms with Gasteiger partial charge in [0.25, 0.3) is 0 Å². The van der Waals surface area contributed by atoms with Crippen LogP contribution in [0, 0.1) is 0 Å². The van der Waals surface area contributed by atoms with E-state index < -0.39 is 0 Å². The molecular weight excluding hydrogens is 164 g/mol. The van der Waals surface area contributed by atoms with Gasteiger partial charge in [0.2, 0.25) is 0 Å². The molecule has 3 nitrogen and oxygen atoms in total. The fraction of sp³-hybridized carbons (Fsp3) is 0.800. The van der Waals surface area contributed by atoms with Gasteiger partial charge in [-0.15, -0.1) is 0 Å². The lowest BCUT2D eigenvalue weighted by Crippen LogP contribution is -2.34. The Labute approximate surface area is 80.5 Å². The molecule has 76 valence electrons. The van der Waals surface area contributed by atoms with Gasteiger partial charge in [-0.25, -0.2) is 0 Å². The van der Waals surface area contributed by atoms with Gasteiger partial charge in [0.05, 0.1) is 0 Å². The maximum absolute atomic E-state index is 5.57. The molecule has 1 atom stereocenters. The van der Waals surface area contributed by atoms with E-state index in [9.17, 15) is 0 Å². The van der Waals surface area contributed by atoms with Crippen molar-refractivity contribution >= 4 is 0 Å². The first-order chi connectivity index (χ1) is 5.97. The zero-order valence-corrected chi connectivity index (χ0v) is 8.81. The molecule has 0 aromatic rings. The van der Waals surface area contributed by atoms with Crippen LogP contribution in [-0.4, -0.2) is 24.7 Å². The Morgan fingerprint density at radius 2 is 2.23 bits per heavy atom. The average molecular weight is 184 g/mol. The van der Waals surface area contributed by atoms with Crippen molar-refractivity contribution in [3.63, 3.8) is 0 Å². The van der Waals surface area contributed by atoms with Crippen molar-refractivity contribution in [1.29, 1.82) is 0 Å². The Hall–Kier alpha value is -0.700. The molecule has 0 aliphatic carbocycles. The first-order valence-electron chi connectivity index (χ1n) is 4.82. The highest BCUT2D eigenvalue weighted by molar-refractivity contribution is 4.90. The van der Waals surface area contributed by atoms with Crippen molar-refractivity contribution < 1.29 is 4.74 Å². The van der Waals surface area contributed by atoms with Crippen molar-refractivity contribution in [2.45, 2.75) is 38.8 Å². The van der Waals surface area contributed by atoms with Crippen LogP contribution in [-0.2, 0) is 4.74 Å². The molecule has 1 rings (SSSR count). The molecule has 0 bridgehead atoms. The van der Waals surface area contributed by atoms with Gasteiger partial charge >= 0.3 is 0 Å². The topological polar surface area (TPSA) is 33.3 Å². The zero-order chi connectivity index (χ0) is 9.90. The van der Waals surface area contributed by atoms with Crippen LogP contribution in [0.25, 0.3) is 0 Å². The first-order valence-corrected chi connectivity index (χ1v) is 4.82. The van der Waals surface area contributed by atoms with Gasteiger partial charge in [-0.1, -0.05) is 0 Å². The van der Waals surface area contributed by atoms with Crippen LogP contribution in [0.5, 0.6) is 0 Å². The van der Waals surface area contributed by atoms with E-state index in [1.807, 2.05) is 20.8 Å². The molecule has 0 saturated carbocycles. The van der Waals surface area contributed by atoms with E-state index >= 15 is 0 Å². The standard InChI is InChI=1S/C10H20N2O/c1-8(13-10(2,3)4)12-9-5-6-11-7-9/h9,11-12H,1,5-7H2,2-4H3/t9-/m1/s1. The van der Waals surface area contributed by atoms with Gasteiger partial charge in [0.1, 0.15) is 5.60 Å². The van der Waals surface area contributed by atoms with Gasteiger partial charge < -0.3 is 15.4 Å². The number of hydrogen-bond donors (Lipinski definition) is 2. The van der Waals surface area contributed by atoms with Gasteiger partial charge in [-0.05, 0) is 40.3 Å². The van der Waals surface area contributed by atoms with E-state index in [-0.39, 0.29) is 5.60 Å². The maximum Gasteiger partial charge on any atom is 0.180 e. The maximum atomic E-state index is 5.57. The summed E-state index contributed by atoms with van der Waals surface area (Å²) in [6.45, 7) is 12.0. The Morgan fingerprint density at radius 1 is 1.54 bits per heavy atom. The largest absolute Gasteiger partial charge is 0.474 e. The Bertz CT molecular complexity index is 178. The minimum Gasteiger partial charge on any atom is -0.474 e. The Balaban J connectivity index is 2.24. The summed E-state index contributed by atoms with van der Waals surface area (Å²) < 4.78 is 5.57. The number of ether oxygens (including phenoxy) is 1. The zero-order valence-electron chi connectivity index (χ0n) is 8.81. The molecule has 1 aliphatic rings. The van der Waals surface area contributed by atoms with Crippen LogP contribution in [0.3, 0.4) is 0 Å². The number of rotatable bonds is 3. The molecule has 1 fully saturated rings. The normalized spacial score (nSPS) is 22.8. The van der Waals surface area contributed by atoms with E-state index in [0.717, 1.165) is 19.5 Å². The quantitative estimate of drug-likeness (QED) is 0.647. The summed E-state index contributed by atoms with van der Waals surface area (Å²) in [7, 11) is 0.